The monoisotopic (exact) mass is 272 g/mol. The first-order valence-electron chi connectivity index (χ1n) is 1.63. The van der Waals surface area contributed by atoms with Crippen LogP contribution in [0.25, 0.3) is 0 Å². The number of rotatable bonds is 2. The van der Waals surface area contributed by atoms with E-state index in [2.05, 4.69) is 4.31 Å². The van der Waals surface area contributed by atoms with E-state index in [0.717, 1.165) is 0 Å². The molecule has 2 atom stereocenters. The predicted octanol–water partition coefficient (Wildman–Crippen LogP) is -5.53. The smallest absolute Gasteiger partial charge is 0.563 e. The maximum Gasteiger partial charge on any atom is 1.00 e. The van der Waals surface area contributed by atoms with Gasteiger partial charge in [0, 0.05) is 0 Å². The molecule has 0 aliphatic heterocycles. The molecule has 0 aromatic carbocycles. The van der Waals surface area contributed by atoms with Gasteiger partial charge >= 0.3 is 75.6 Å². The quantitative estimate of drug-likeness (QED) is 0.284. The molecule has 0 saturated heterocycles. The molecule has 0 heterocycles. The second kappa shape index (κ2) is 19.3. The van der Waals surface area contributed by atoms with Gasteiger partial charge in [0.1, 0.15) is 4.31 Å². The fraction of sp³-hybridized carbons (Fsp3) is 1.00. The fourth-order valence-electron chi connectivity index (χ4n) is 0.0544. The van der Waals surface area contributed by atoms with Gasteiger partial charge in [0.05, 0.1) is 5.34 Å². The third-order valence-electron chi connectivity index (χ3n) is 0.133. The van der Waals surface area contributed by atoms with Crippen LogP contribution in [0.2, 0.25) is 0 Å². The molecule has 0 aliphatic rings. The van der Waals surface area contributed by atoms with Gasteiger partial charge in [-0.1, -0.05) is 0 Å². The van der Waals surface area contributed by atoms with Gasteiger partial charge in [0.25, 0.3) is 0 Å². The van der Waals surface area contributed by atoms with E-state index in [1.807, 2.05) is 0 Å². The largest absolute Gasteiger partial charge is 1.00 e. The maximum atomic E-state index is 9.24. The van der Waals surface area contributed by atoms with E-state index >= 15 is 0 Å². The molecule has 0 bridgehead atoms. The van der Waals surface area contributed by atoms with Gasteiger partial charge in [0.2, 0.25) is 0 Å². The van der Waals surface area contributed by atoms with Crippen LogP contribution in [0, 0.1) is 0 Å². The van der Waals surface area contributed by atoms with Gasteiger partial charge in [-0.25, -0.2) is 0 Å². The first kappa shape index (κ1) is 24.1. The van der Waals surface area contributed by atoms with Gasteiger partial charge < -0.3 is 9.79 Å². The zero-order chi connectivity index (χ0) is 8.57. The summed E-state index contributed by atoms with van der Waals surface area (Å²) in [4.78, 5) is 18.5. The Morgan fingerprint density at radius 1 is 1.08 bits per heavy atom. The molecule has 0 aromatic rings. The van der Waals surface area contributed by atoms with Gasteiger partial charge in [0.15, 0.2) is 0 Å². The maximum absolute atomic E-state index is 9.24. The number of hydrogen-bond acceptors (Lipinski definition) is 5. The van der Waals surface area contributed by atoms with Gasteiger partial charge in [-0.15, -0.1) is 23.2 Å². The van der Waals surface area contributed by atoms with Crippen molar-refractivity contribution in [1.29, 1.82) is 0 Å². The standard InChI is InChI=1S/CH2Cl2.2Na.O5P2/c2-1-3;;;1-6(2)5-7(3)4/h1H2;;;/q;2*+1;. The van der Waals surface area contributed by atoms with Crippen molar-refractivity contribution in [3.05, 3.63) is 0 Å². The second-order valence-corrected chi connectivity index (χ2v) is 2.99. The molecular formula is CH2Cl2Na2O5P2+2. The zero-order valence-electron chi connectivity index (χ0n) is 6.40. The summed E-state index contributed by atoms with van der Waals surface area (Å²) in [5.74, 6) is 0. The minimum Gasteiger partial charge on any atom is -0.563 e. The van der Waals surface area contributed by atoms with E-state index in [1.165, 1.54) is 0 Å². The molecule has 12 heavy (non-hydrogen) atoms. The van der Waals surface area contributed by atoms with Gasteiger partial charge in [-0.05, 0) is 9.13 Å². The summed E-state index contributed by atoms with van der Waals surface area (Å²) in [6, 6.07) is 0. The normalized spacial score (nSPS) is 9.33. The predicted molar refractivity (Wildman–Crippen MR) is 32.9 cm³/mol. The van der Waals surface area contributed by atoms with Crippen LogP contribution in [-0.2, 0) is 13.4 Å². The Morgan fingerprint density at radius 2 is 1.25 bits per heavy atom. The Balaban J connectivity index is -0.0000000569. The third-order valence-corrected chi connectivity index (χ3v) is 1.20. The van der Waals surface area contributed by atoms with Crippen molar-refractivity contribution in [3.8, 4) is 0 Å². The first-order valence-corrected chi connectivity index (χ1v) is 4.89. The van der Waals surface area contributed by atoms with Crippen LogP contribution in [0.1, 0.15) is 0 Å². The van der Waals surface area contributed by atoms with E-state index < -0.39 is 16.5 Å². The minimum atomic E-state index is -3.24. The molecular weight excluding hydrogens is 271 g/mol. The average molecular weight is 273 g/mol. The molecule has 11 heteroatoms. The van der Waals surface area contributed by atoms with Crippen molar-refractivity contribution in [1.82, 2.24) is 0 Å². The molecule has 60 valence electrons. The topological polar surface area (TPSA) is 89.5 Å². The SMILES string of the molecule is ClCCl.O=[P+]([O-])O[P+](=O)[O-].[Na+].[Na+]. The van der Waals surface area contributed by atoms with Gasteiger partial charge in [-0.3, -0.25) is 0 Å². The zero-order valence-corrected chi connectivity index (χ0v) is 13.7. The Hall–Kier alpha value is 2.66. The van der Waals surface area contributed by atoms with Crippen LogP contribution < -0.4 is 68.9 Å². The molecule has 0 amide bonds. The fourth-order valence-corrected chi connectivity index (χ4v) is 0.490. The van der Waals surface area contributed by atoms with Crippen molar-refractivity contribution in [2.24, 2.45) is 0 Å². The van der Waals surface area contributed by atoms with Crippen LogP contribution in [0.3, 0.4) is 0 Å². The molecule has 0 spiro atoms. The number of alkyl halides is 2. The molecule has 0 N–H and O–H groups in total. The summed E-state index contributed by atoms with van der Waals surface area (Å²) in [5, 5.41) is 0.194. The molecule has 5 nitrogen and oxygen atoms in total. The Bertz CT molecular complexity index is 112. The van der Waals surface area contributed by atoms with Crippen LogP contribution in [0.5, 0.6) is 0 Å². The summed E-state index contributed by atoms with van der Waals surface area (Å²) in [7, 11) is -6.47. The Morgan fingerprint density at radius 3 is 1.25 bits per heavy atom. The van der Waals surface area contributed by atoms with Crippen molar-refractivity contribution in [2.45, 2.75) is 0 Å². The molecule has 0 fully saturated rings. The Kier molecular flexibility index (Phi) is 38.6. The first-order chi connectivity index (χ1) is 4.54. The molecule has 2 unspecified atom stereocenters. The summed E-state index contributed by atoms with van der Waals surface area (Å²) >= 11 is 9.53. The van der Waals surface area contributed by atoms with Crippen LogP contribution in [-0.4, -0.2) is 5.34 Å². The summed E-state index contributed by atoms with van der Waals surface area (Å²) in [6.45, 7) is 0. The van der Waals surface area contributed by atoms with E-state index in [0.29, 0.717) is 0 Å². The second-order valence-electron chi connectivity index (χ2n) is 0.630. The van der Waals surface area contributed by atoms with Crippen molar-refractivity contribution >= 4 is 39.7 Å². The number of halogens is 2. The van der Waals surface area contributed by atoms with Crippen LogP contribution in [0.4, 0.5) is 0 Å². The summed E-state index contributed by atoms with van der Waals surface area (Å²) in [5.41, 5.74) is 0. The van der Waals surface area contributed by atoms with E-state index in [4.69, 9.17) is 23.2 Å². The van der Waals surface area contributed by atoms with Crippen molar-refractivity contribution in [2.75, 3.05) is 5.34 Å². The van der Waals surface area contributed by atoms with Crippen LogP contribution >= 0.6 is 39.7 Å². The van der Waals surface area contributed by atoms with E-state index in [1.54, 1.807) is 0 Å². The van der Waals surface area contributed by atoms with Gasteiger partial charge in [-0.2, -0.15) is 0 Å². The molecule has 0 aromatic heterocycles. The van der Waals surface area contributed by atoms with Crippen LogP contribution in [0.15, 0.2) is 0 Å². The molecule has 0 saturated carbocycles. The van der Waals surface area contributed by atoms with E-state index in [-0.39, 0.29) is 64.5 Å². The minimum absolute atomic E-state index is 0. The number of hydrogen-bond donors (Lipinski definition) is 0. The molecule has 0 rings (SSSR count). The Labute approximate surface area is 126 Å². The summed E-state index contributed by atoms with van der Waals surface area (Å²) < 4.78 is 21.6. The average Bonchev–Trinajstić information content (AvgIpc) is 1.62. The molecule has 0 aliphatic carbocycles. The van der Waals surface area contributed by atoms with Crippen molar-refractivity contribution in [3.63, 3.8) is 0 Å². The summed E-state index contributed by atoms with van der Waals surface area (Å²) in [6.07, 6.45) is 0. The molecule has 0 radical (unpaired) electrons. The van der Waals surface area contributed by atoms with Crippen molar-refractivity contribution < 1.29 is 82.3 Å². The third kappa shape index (κ3) is 38.8. The van der Waals surface area contributed by atoms with E-state index in [9.17, 15) is 18.9 Å².